The third-order valence-electron chi connectivity index (χ3n) is 5.37. The van der Waals surface area contributed by atoms with E-state index < -0.39 is 24.1 Å². The van der Waals surface area contributed by atoms with Crippen molar-refractivity contribution in [2.24, 2.45) is 17.6 Å². The maximum Gasteiger partial charge on any atom is 0.329 e. The minimum Gasteiger partial charge on any atom is -0.459 e. The van der Waals surface area contributed by atoms with Crippen molar-refractivity contribution in [2.45, 2.75) is 71.7 Å². The molecule has 3 atom stereocenters. The summed E-state index contributed by atoms with van der Waals surface area (Å²) in [5.74, 6) is -0.829. The van der Waals surface area contributed by atoms with Gasteiger partial charge in [0.2, 0.25) is 11.8 Å². The zero-order chi connectivity index (χ0) is 22.3. The molecule has 1 heterocycles. The van der Waals surface area contributed by atoms with E-state index in [1.54, 1.807) is 4.90 Å². The molecule has 0 saturated carbocycles. The largest absolute Gasteiger partial charge is 0.459 e. The standard InChI is InChI=1S/C23H35N3O4/c1-15(2)13-18(25-21(27)20(24)16(3)4)22(28)26-12-8-11-19(26)23(29)30-14-17-9-6-5-7-10-17/h5-7,9-10,15-16,18-20H,8,11-14,24H2,1-4H3,(H,25,27)/t18-,19-,20-/m0/s1. The van der Waals surface area contributed by atoms with Gasteiger partial charge in [-0.05, 0) is 36.7 Å². The summed E-state index contributed by atoms with van der Waals surface area (Å²) in [5.41, 5.74) is 6.85. The van der Waals surface area contributed by atoms with E-state index >= 15 is 0 Å². The number of amides is 2. The molecular formula is C23H35N3O4. The van der Waals surface area contributed by atoms with E-state index in [-0.39, 0.29) is 30.3 Å². The second-order valence-corrected chi connectivity index (χ2v) is 8.74. The molecule has 0 aromatic heterocycles. The van der Waals surface area contributed by atoms with Crippen molar-refractivity contribution in [1.29, 1.82) is 0 Å². The van der Waals surface area contributed by atoms with Gasteiger partial charge in [0.1, 0.15) is 18.7 Å². The topological polar surface area (TPSA) is 102 Å². The molecule has 166 valence electrons. The number of hydrogen-bond acceptors (Lipinski definition) is 5. The highest BCUT2D eigenvalue weighted by molar-refractivity contribution is 5.92. The van der Waals surface area contributed by atoms with Crippen LogP contribution in [0, 0.1) is 11.8 Å². The lowest BCUT2D eigenvalue weighted by Gasteiger charge is -2.30. The summed E-state index contributed by atoms with van der Waals surface area (Å²) in [5, 5.41) is 2.82. The van der Waals surface area contributed by atoms with Crippen molar-refractivity contribution in [1.82, 2.24) is 10.2 Å². The van der Waals surface area contributed by atoms with E-state index in [1.807, 2.05) is 58.0 Å². The molecule has 1 aliphatic rings. The van der Waals surface area contributed by atoms with E-state index in [4.69, 9.17) is 10.5 Å². The lowest BCUT2D eigenvalue weighted by Crippen LogP contribution is -2.55. The first kappa shape index (κ1) is 23.9. The van der Waals surface area contributed by atoms with Crippen LogP contribution in [0.1, 0.15) is 52.5 Å². The SMILES string of the molecule is CC(C)C[C@H](NC(=O)[C@@H](N)C(C)C)C(=O)N1CCC[C@H]1C(=O)OCc1ccccc1. The zero-order valence-electron chi connectivity index (χ0n) is 18.5. The fourth-order valence-electron chi connectivity index (χ4n) is 3.56. The molecule has 0 bridgehead atoms. The van der Waals surface area contributed by atoms with Gasteiger partial charge in [0.25, 0.3) is 0 Å². The van der Waals surface area contributed by atoms with E-state index in [2.05, 4.69) is 5.32 Å². The van der Waals surface area contributed by atoms with Gasteiger partial charge in [0.05, 0.1) is 6.04 Å². The Labute approximate surface area is 179 Å². The van der Waals surface area contributed by atoms with Gasteiger partial charge >= 0.3 is 5.97 Å². The third kappa shape index (κ3) is 6.55. The Morgan fingerprint density at radius 1 is 1.17 bits per heavy atom. The van der Waals surface area contributed by atoms with Crippen LogP contribution in [0.2, 0.25) is 0 Å². The predicted molar refractivity (Wildman–Crippen MR) is 115 cm³/mol. The van der Waals surface area contributed by atoms with Crippen LogP contribution in [-0.2, 0) is 25.7 Å². The molecule has 1 aliphatic heterocycles. The van der Waals surface area contributed by atoms with Crippen LogP contribution in [0.5, 0.6) is 0 Å². The number of nitrogens with one attached hydrogen (secondary N) is 1. The number of carbonyl (C=O) groups is 3. The molecule has 1 saturated heterocycles. The fourth-order valence-corrected chi connectivity index (χ4v) is 3.56. The molecule has 1 aromatic carbocycles. The monoisotopic (exact) mass is 417 g/mol. The highest BCUT2D eigenvalue weighted by Gasteiger charge is 2.39. The number of likely N-dealkylation sites (tertiary alicyclic amines) is 1. The first-order valence-electron chi connectivity index (χ1n) is 10.8. The van der Waals surface area contributed by atoms with E-state index in [1.165, 1.54) is 0 Å². The second kappa shape index (κ2) is 11.1. The molecule has 1 fully saturated rings. The van der Waals surface area contributed by atoms with Gasteiger partial charge in [-0.3, -0.25) is 9.59 Å². The molecule has 0 aliphatic carbocycles. The summed E-state index contributed by atoms with van der Waals surface area (Å²) in [7, 11) is 0. The molecule has 7 nitrogen and oxygen atoms in total. The van der Waals surface area contributed by atoms with Crippen LogP contribution in [0.15, 0.2) is 30.3 Å². The van der Waals surface area contributed by atoms with Gasteiger partial charge in [-0.1, -0.05) is 58.0 Å². The molecule has 30 heavy (non-hydrogen) atoms. The number of benzene rings is 1. The van der Waals surface area contributed by atoms with E-state index in [0.717, 1.165) is 12.0 Å². The zero-order valence-corrected chi connectivity index (χ0v) is 18.5. The maximum atomic E-state index is 13.3. The quantitative estimate of drug-likeness (QED) is 0.600. The van der Waals surface area contributed by atoms with Gasteiger partial charge in [-0.15, -0.1) is 0 Å². The van der Waals surface area contributed by atoms with Gasteiger partial charge in [-0.25, -0.2) is 4.79 Å². The van der Waals surface area contributed by atoms with E-state index in [9.17, 15) is 14.4 Å². The van der Waals surface area contributed by atoms with Crippen LogP contribution in [0.25, 0.3) is 0 Å². The summed E-state index contributed by atoms with van der Waals surface area (Å²) in [6.07, 6.45) is 1.77. The number of esters is 1. The number of carbonyl (C=O) groups excluding carboxylic acids is 3. The summed E-state index contributed by atoms with van der Waals surface area (Å²) < 4.78 is 5.46. The van der Waals surface area contributed by atoms with Crippen molar-refractivity contribution >= 4 is 17.8 Å². The maximum absolute atomic E-state index is 13.3. The molecule has 0 radical (unpaired) electrons. The number of rotatable bonds is 9. The Morgan fingerprint density at radius 3 is 2.43 bits per heavy atom. The first-order valence-corrected chi connectivity index (χ1v) is 10.8. The van der Waals surface area contributed by atoms with Gasteiger partial charge in [-0.2, -0.15) is 0 Å². The molecule has 2 rings (SSSR count). The van der Waals surface area contributed by atoms with Crippen LogP contribution in [0.4, 0.5) is 0 Å². The first-order chi connectivity index (χ1) is 14.2. The number of nitrogens with two attached hydrogens (primary N) is 1. The molecule has 1 aromatic rings. The third-order valence-corrected chi connectivity index (χ3v) is 5.37. The van der Waals surface area contributed by atoms with Crippen LogP contribution < -0.4 is 11.1 Å². The lowest BCUT2D eigenvalue weighted by molar-refractivity contribution is -0.155. The van der Waals surface area contributed by atoms with Gasteiger partial charge in [0, 0.05) is 6.54 Å². The molecule has 0 unspecified atom stereocenters. The lowest BCUT2D eigenvalue weighted by atomic mass is 10.00. The van der Waals surface area contributed by atoms with Crippen molar-refractivity contribution in [3.05, 3.63) is 35.9 Å². The van der Waals surface area contributed by atoms with Crippen LogP contribution >= 0.6 is 0 Å². The Hall–Kier alpha value is -2.41. The summed E-state index contributed by atoms with van der Waals surface area (Å²) >= 11 is 0. The second-order valence-electron chi connectivity index (χ2n) is 8.74. The Balaban J connectivity index is 2.05. The van der Waals surface area contributed by atoms with Crippen LogP contribution in [-0.4, -0.2) is 47.4 Å². The normalized spacial score (nSPS) is 18.4. The smallest absolute Gasteiger partial charge is 0.329 e. The van der Waals surface area contributed by atoms with Gasteiger partial charge in [0.15, 0.2) is 0 Å². The number of hydrogen-bond donors (Lipinski definition) is 2. The highest BCUT2D eigenvalue weighted by Crippen LogP contribution is 2.22. The minimum atomic E-state index is -0.704. The predicted octanol–water partition coefficient (Wildman–Crippen LogP) is 2.24. The molecule has 7 heteroatoms. The Bertz CT molecular complexity index is 720. The average Bonchev–Trinajstić information content (AvgIpc) is 3.20. The highest BCUT2D eigenvalue weighted by atomic mass is 16.5. The number of nitrogens with zero attached hydrogens (tertiary/aromatic N) is 1. The average molecular weight is 418 g/mol. The Kier molecular flexibility index (Phi) is 8.84. The van der Waals surface area contributed by atoms with Gasteiger partial charge < -0.3 is 20.7 Å². The van der Waals surface area contributed by atoms with Crippen molar-refractivity contribution < 1.29 is 19.1 Å². The molecule has 0 spiro atoms. The van der Waals surface area contributed by atoms with Crippen molar-refractivity contribution in [2.75, 3.05) is 6.54 Å². The van der Waals surface area contributed by atoms with Crippen LogP contribution in [0.3, 0.4) is 0 Å². The van der Waals surface area contributed by atoms with E-state index in [0.29, 0.717) is 19.4 Å². The summed E-state index contributed by atoms with van der Waals surface area (Å²) in [4.78, 5) is 40.0. The summed E-state index contributed by atoms with van der Waals surface area (Å²) in [6.45, 7) is 8.36. The van der Waals surface area contributed by atoms with Crippen molar-refractivity contribution in [3.63, 3.8) is 0 Å². The molecule has 2 amide bonds. The minimum absolute atomic E-state index is 0.0349. The van der Waals surface area contributed by atoms with Crippen molar-refractivity contribution in [3.8, 4) is 0 Å². The fraction of sp³-hybridized carbons (Fsp3) is 0.609. The molecule has 3 N–H and O–H groups in total. The number of ether oxygens (including phenoxy) is 1. The Morgan fingerprint density at radius 2 is 1.83 bits per heavy atom. The molecular weight excluding hydrogens is 382 g/mol. The summed E-state index contributed by atoms with van der Waals surface area (Å²) in [6, 6.07) is 7.44.